The molecule has 3 aliphatic rings. The van der Waals surface area contributed by atoms with Crippen molar-refractivity contribution < 1.29 is 4.79 Å². The minimum atomic E-state index is -0.437. The van der Waals surface area contributed by atoms with Gasteiger partial charge >= 0.3 is 0 Å². The van der Waals surface area contributed by atoms with Gasteiger partial charge < -0.3 is 4.90 Å². The third kappa shape index (κ3) is 3.66. The first-order chi connectivity index (χ1) is 23.0. The number of anilines is 3. The van der Waals surface area contributed by atoms with E-state index in [1.807, 2.05) is 18.2 Å². The fraction of sp³-hybridized carbons (Fsp3) is 0.196. The van der Waals surface area contributed by atoms with Crippen LogP contribution in [0.15, 0.2) is 127 Å². The molecular formula is C46H39NO. The van der Waals surface area contributed by atoms with Gasteiger partial charge in [-0.05, 0) is 79.9 Å². The van der Waals surface area contributed by atoms with Gasteiger partial charge in [0.1, 0.15) is 0 Å². The molecule has 0 N–H and O–H groups in total. The molecular weight excluding hydrogens is 583 g/mol. The quantitative estimate of drug-likeness (QED) is 0.192. The molecule has 6 aromatic carbocycles. The highest BCUT2D eigenvalue weighted by atomic mass is 16.1. The number of hydrogen-bond donors (Lipinski definition) is 0. The number of carbonyl (C=O) groups excluding carboxylic acids is 1. The van der Waals surface area contributed by atoms with E-state index < -0.39 is 5.41 Å². The van der Waals surface area contributed by atoms with Gasteiger partial charge in [0.05, 0.1) is 17.1 Å². The molecule has 2 heteroatoms. The lowest BCUT2D eigenvalue weighted by atomic mass is 9.66. The van der Waals surface area contributed by atoms with Crippen molar-refractivity contribution in [2.45, 2.75) is 57.8 Å². The molecule has 0 spiro atoms. The molecule has 6 aromatic rings. The number of rotatable bonds is 2. The Balaban J connectivity index is 1.33. The van der Waals surface area contributed by atoms with Crippen molar-refractivity contribution in [2.75, 3.05) is 4.90 Å². The molecule has 0 aromatic heterocycles. The summed E-state index contributed by atoms with van der Waals surface area (Å²) in [5, 5.41) is 0. The lowest BCUT2D eigenvalue weighted by Crippen LogP contribution is -2.35. The average molecular weight is 622 g/mol. The zero-order chi connectivity index (χ0) is 33.2. The number of benzene rings is 6. The molecule has 0 bridgehead atoms. The normalized spacial score (nSPS) is 17.0. The monoisotopic (exact) mass is 621 g/mol. The summed E-state index contributed by atoms with van der Waals surface area (Å²) in [5.74, 6) is 0.0938. The van der Waals surface area contributed by atoms with E-state index in [4.69, 9.17) is 0 Å². The van der Waals surface area contributed by atoms with E-state index in [1.54, 1.807) is 0 Å². The van der Waals surface area contributed by atoms with Crippen LogP contribution in [0.3, 0.4) is 0 Å². The molecule has 2 nitrogen and oxygen atoms in total. The van der Waals surface area contributed by atoms with Crippen molar-refractivity contribution in [3.05, 3.63) is 172 Å². The molecule has 2 aliphatic carbocycles. The second-order valence-electron chi connectivity index (χ2n) is 15.3. The molecule has 48 heavy (non-hydrogen) atoms. The zero-order valence-electron chi connectivity index (χ0n) is 28.5. The first-order valence-electron chi connectivity index (χ1n) is 17.1. The van der Waals surface area contributed by atoms with Gasteiger partial charge in [0.25, 0.3) is 0 Å². The second kappa shape index (κ2) is 9.67. The van der Waals surface area contributed by atoms with Crippen LogP contribution in [0.4, 0.5) is 17.1 Å². The minimum Gasteiger partial charge on any atom is -0.310 e. The first kappa shape index (κ1) is 29.0. The van der Waals surface area contributed by atoms with Gasteiger partial charge in [-0.1, -0.05) is 145 Å². The highest BCUT2D eigenvalue weighted by Gasteiger charge is 2.47. The number of ketones is 1. The lowest BCUT2D eigenvalue weighted by Gasteiger charge is -2.46. The largest absolute Gasteiger partial charge is 0.310 e. The Kier molecular flexibility index (Phi) is 5.84. The summed E-state index contributed by atoms with van der Waals surface area (Å²) in [6.07, 6.45) is 0. The number of carbonyl (C=O) groups is 1. The van der Waals surface area contributed by atoms with Crippen LogP contribution < -0.4 is 4.90 Å². The van der Waals surface area contributed by atoms with Crippen LogP contribution >= 0.6 is 0 Å². The Morgan fingerprint density at radius 2 is 1.04 bits per heavy atom. The van der Waals surface area contributed by atoms with Crippen LogP contribution in [0.2, 0.25) is 0 Å². The van der Waals surface area contributed by atoms with E-state index in [9.17, 15) is 4.79 Å². The fourth-order valence-electron chi connectivity index (χ4n) is 9.25. The Labute approximate surface area is 283 Å². The summed E-state index contributed by atoms with van der Waals surface area (Å²) in [4.78, 5) is 16.9. The maximum atomic E-state index is 14.4. The number of para-hydroxylation sites is 1. The highest BCUT2D eigenvalue weighted by Crippen LogP contribution is 2.61. The van der Waals surface area contributed by atoms with E-state index in [1.165, 1.54) is 44.8 Å². The van der Waals surface area contributed by atoms with Crippen molar-refractivity contribution in [2.24, 2.45) is 0 Å². The standard InChI is InChI=1S/C46H39NO/c1-44(2)33-19-11-10-17-30(33)40-35(44)25-26-39-42(40)45(3,4)34-20-12-13-21-37(34)47(39)38-22-14-18-32-41(38)46(5,6)36-27-29(23-24-31(36)43(32)48)28-15-8-7-9-16-28/h7-27H,1-6H3. The van der Waals surface area contributed by atoms with Crippen molar-refractivity contribution in [3.63, 3.8) is 0 Å². The molecule has 0 unspecified atom stereocenters. The van der Waals surface area contributed by atoms with Gasteiger partial charge in [-0.15, -0.1) is 0 Å². The highest BCUT2D eigenvalue weighted by molar-refractivity contribution is 6.15. The van der Waals surface area contributed by atoms with Crippen molar-refractivity contribution in [1.82, 2.24) is 0 Å². The zero-order valence-corrected chi connectivity index (χ0v) is 28.5. The Bertz CT molecular complexity index is 2340. The molecule has 0 fully saturated rings. The minimum absolute atomic E-state index is 0.0938. The van der Waals surface area contributed by atoms with Crippen LogP contribution in [0, 0.1) is 0 Å². The fourth-order valence-corrected chi connectivity index (χ4v) is 9.25. The summed E-state index contributed by atoms with van der Waals surface area (Å²) < 4.78 is 0. The van der Waals surface area contributed by atoms with E-state index in [2.05, 4.69) is 156 Å². The smallest absolute Gasteiger partial charge is 0.193 e. The van der Waals surface area contributed by atoms with E-state index in [0.29, 0.717) is 0 Å². The summed E-state index contributed by atoms with van der Waals surface area (Å²) in [7, 11) is 0. The first-order valence-corrected chi connectivity index (χ1v) is 17.1. The predicted molar refractivity (Wildman–Crippen MR) is 198 cm³/mol. The van der Waals surface area contributed by atoms with E-state index in [0.717, 1.165) is 39.1 Å². The summed E-state index contributed by atoms with van der Waals surface area (Å²) in [5.41, 5.74) is 16.7. The van der Waals surface area contributed by atoms with Crippen molar-refractivity contribution in [3.8, 4) is 22.3 Å². The van der Waals surface area contributed by atoms with E-state index >= 15 is 0 Å². The topological polar surface area (TPSA) is 20.3 Å². The molecule has 9 rings (SSSR count). The molecule has 1 heterocycles. The molecule has 0 radical (unpaired) electrons. The SMILES string of the molecule is CC1(C)c2ccccc2-c2c1ccc1c2C(C)(C)c2ccccc2N1c1cccc2c1C(C)(C)c1cc(-c3ccccc3)ccc1C2=O. The van der Waals surface area contributed by atoms with Gasteiger partial charge in [0.15, 0.2) is 5.78 Å². The Hall–Kier alpha value is -5.21. The van der Waals surface area contributed by atoms with Crippen LogP contribution in [-0.4, -0.2) is 5.78 Å². The molecule has 0 atom stereocenters. The van der Waals surface area contributed by atoms with Gasteiger partial charge in [-0.25, -0.2) is 0 Å². The van der Waals surface area contributed by atoms with Gasteiger partial charge in [-0.3, -0.25) is 4.79 Å². The second-order valence-corrected chi connectivity index (χ2v) is 15.3. The van der Waals surface area contributed by atoms with E-state index in [-0.39, 0.29) is 16.6 Å². The molecule has 234 valence electrons. The third-order valence-corrected chi connectivity index (χ3v) is 11.6. The molecule has 0 amide bonds. The summed E-state index contributed by atoms with van der Waals surface area (Å²) in [6, 6.07) is 45.7. The number of hydrogen-bond acceptors (Lipinski definition) is 2. The number of fused-ring (bicyclic) bond motifs is 8. The maximum Gasteiger partial charge on any atom is 0.193 e. The predicted octanol–water partition coefficient (Wildman–Crippen LogP) is 11.6. The molecule has 0 saturated heterocycles. The Morgan fingerprint density at radius 3 is 1.83 bits per heavy atom. The molecule has 1 aliphatic heterocycles. The average Bonchev–Trinajstić information content (AvgIpc) is 3.33. The lowest BCUT2D eigenvalue weighted by molar-refractivity contribution is 0.103. The Morgan fingerprint density at radius 1 is 0.417 bits per heavy atom. The third-order valence-electron chi connectivity index (χ3n) is 11.6. The van der Waals surface area contributed by atoms with Gasteiger partial charge in [0, 0.05) is 27.4 Å². The van der Waals surface area contributed by atoms with Crippen molar-refractivity contribution >= 4 is 22.8 Å². The maximum absolute atomic E-state index is 14.4. The number of nitrogens with zero attached hydrogens (tertiary/aromatic N) is 1. The van der Waals surface area contributed by atoms with Crippen LogP contribution in [-0.2, 0) is 16.2 Å². The molecule has 0 saturated carbocycles. The van der Waals surface area contributed by atoms with Gasteiger partial charge in [-0.2, -0.15) is 0 Å². The van der Waals surface area contributed by atoms with Crippen LogP contribution in [0.25, 0.3) is 22.3 Å². The van der Waals surface area contributed by atoms with Crippen molar-refractivity contribution in [1.29, 1.82) is 0 Å². The summed E-state index contributed by atoms with van der Waals surface area (Å²) in [6.45, 7) is 14.1. The van der Waals surface area contributed by atoms with Crippen LogP contribution in [0.1, 0.15) is 90.8 Å². The summed E-state index contributed by atoms with van der Waals surface area (Å²) >= 11 is 0. The van der Waals surface area contributed by atoms with Crippen LogP contribution in [0.5, 0.6) is 0 Å². The van der Waals surface area contributed by atoms with Gasteiger partial charge in [0.2, 0.25) is 0 Å².